The second-order valence-corrected chi connectivity index (χ2v) is 6.86. The molecule has 0 fully saturated rings. The van der Waals surface area contributed by atoms with E-state index in [9.17, 15) is 9.59 Å². The number of rotatable bonds is 5. The number of hydrogen-bond acceptors (Lipinski definition) is 2. The monoisotopic (exact) mass is 422 g/mol. The van der Waals surface area contributed by atoms with Crippen LogP contribution in [0.5, 0.6) is 0 Å². The summed E-state index contributed by atoms with van der Waals surface area (Å²) in [5.41, 5.74) is 1.53. The maximum Gasteiger partial charge on any atom is 0.255 e. The van der Waals surface area contributed by atoms with Gasteiger partial charge in [-0.3, -0.25) is 9.59 Å². The minimum Gasteiger partial charge on any atom is -0.352 e. The number of carbonyl (C=O) groups excluding carboxylic acids is 2. The molecule has 0 saturated heterocycles. The van der Waals surface area contributed by atoms with E-state index in [-0.39, 0.29) is 11.8 Å². The zero-order chi connectivity index (χ0) is 16.8. The lowest BCUT2D eigenvalue weighted by Crippen LogP contribution is -2.28. The highest BCUT2D eigenvalue weighted by molar-refractivity contribution is 14.1. The van der Waals surface area contributed by atoms with E-state index in [0.717, 1.165) is 3.57 Å². The Balaban J connectivity index is 2.15. The molecule has 0 unspecified atom stereocenters. The molecule has 0 saturated carbocycles. The molecule has 2 N–H and O–H groups in total. The highest BCUT2D eigenvalue weighted by Gasteiger charge is 2.14. The summed E-state index contributed by atoms with van der Waals surface area (Å²) in [5, 5.41) is 5.68. The number of amides is 2. The maximum atomic E-state index is 12.3. The first-order valence-corrected chi connectivity index (χ1v) is 8.49. The maximum absolute atomic E-state index is 12.3. The van der Waals surface area contributed by atoms with Crippen molar-refractivity contribution in [2.75, 3.05) is 11.9 Å². The van der Waals surface area contributed by atoms with Crippen molar-refractivity contribution in [3.63, 3.8) is 0 Å². The Bertz CT molecular complexity index is 696. The van der Waals surface area contributed by atoms with Gasteiger partial charge in [0.05, 0.1) is 11.3 Å². The zero-order valence-electron chi connectivity index (χ0n) is 13.1. The number of halogens is 1. The molecule has 23 heavy (non-hydrogen) atoms. The van der Waals surface area contributed by atoms with E-state index in [1.54, 1.807) is 36.4 Å². The van der Waals surface area contributed by atoms with Crippen LogP contribution < -0.4 is 10.6 Å². The average Bonchev–Trinajstić information content (AvgIpc) is 2.53. The van der Waals surface area contributed by atoms with Crippen molar-refractivity contribution in [2.45, 2.75) is 13.8 Å². The van der Waals surface area contributed by atoms with Crippen LogP contribution >= 0.6 is 22.6 Å². The average molecular weight is 422 g/mol. The fourth-order valence-corrected chi connectivity index (χ4v) is 2.34. The van der Waals surface area contributed by atoms with Gasteiger partial charge in [0, 0.05) is 15.7 Å². The number of anilines is 1. The number of nitrogens with one attached hydrogen (secondary N) is 2. The third-order valence-electron chi connectivity index (χ3n) is 3.20. The topological polar surface area (TPSA) is 58.2 Å². The summed E-state index contributed by atoms with van der Waals surface area (Å²) in [7, 11) is 0. The Morgan fingerprint density at radius 2 is 1.65 bits per heavy atom. The summed E-state index contributed by atoms with van der Waals surface area (Å²) in [6, 6.07) is 14.3. The number of para-hydroxylation sites is 1. The van der Waals surface area contributed by atoms with Crippen LogP contribution in [0.1, 0.15) is 34.6 Å². The Morgan fingerprint density at radius 1 is 1.00 bits per heavy atom. The van der Waals surface area contributed by atoms with Gasteiger partial charge in [0.1, 0.15) is 0 Å². The lowest BCUT2D eigenvalue weighted by molar-refractivity contribution is 0.0950. The molecular formula is C18H19IN2O2. The molecule has 0 aromatic heterocycles. The van der Waals surface area contributed by atoms with Gasteiger partial charge in [-0.25, -0.2) is 0 Å². The quantitative estimate of drug-likeness (QED) is 0.718. The van der Waals surface area contributed by atoms with E-state index < -0.39 is 0 Å². The van der Waals surface area contributed by atoms with E-state index in [2.05, 4.69) is 33.2 Å². The first kappa shape index (κ1) is 17.5. The van der Waals surface area contributed by atoms with Crippen molar-refractivity contribution >= 4 is 40.1 Å². The van der Waals surface area contributed by atoms with Gasteiger partial charge in [-0.15, -0.1) is 0 Å². The standard InChI is InChI=1S/C18H19IN2O2/c1-12(2)11-20-18(23)15-5-3-4-6-16(15)21-17(22)13-7-9-14(19)10-8-13/h3-10,12H,11H2,1-2H3,(H,20,23)(H,21,22). The van der Waals surface area contributed by atoms with Gasteiger partial charge in [-0.05, 0) is 64.9 Å². The van der Waals surface area contributed by atoms with Gasteiger partial charge in [0.2, 0.25) is 0 Å². The molecule has 5 heteroatoms. The second kappa shape index (κ2) is 8.10. The first-order chi connectivity index (χ1) is 11.0. The van der Waals surface area contributed by atoms with Crippen molar-refractivity contribution in [1.82, 2.24) is 5.32 Å². The normalized spacial score (nSPS) is 10.4. The van der Waals surface area contributed by atoms with Gasteiger partial charge in [-0.2, -0.15) is 0 Å². The van der Waals surface area contributed by atoms with Crippen LogP contribution in [0.4, 0.5) is 5.69 Å². The molecule has 0 aliphatic rings. The molecule has 120 valence electrons. The summed E-state index contributed by atoms with van der Waals surface area (Å²) >= 11 is 2.19. The SMILES string of the molecule is CC(C)CNC(=O)c1ccccc1NC(=O)c1ccc(I)cc1. The number of hydrogen-bond donors (Lipinski definition) is 2. The van der Waals surface area contributed by atoms with E-state index >= 15 is 0 Å². The Morgan fingerprint density at radius 3 is 2.30 bits per heavy atom. The summed E-state index contributed by atoms with van der Waals surface area (Å²) in [6.45, 7) is 4.66. The molecule has 0 aliphatic carbocycles. The molecule has 0 radical (unpaired) electrons. The molecule has 2 amide bonds. The Hall–Kier alpha value is -1.89. The van der Waals surface area contributed by atoms with Gasteiger partial charge in [-0.1, -0.05) is 26.0 Å². The van der Waals surface area contributed by atoms with Crippen LogP contribution in [0.3, 0.4) is 0 Å². The van der Waals surface area contributed by atoms with Gasteiger partial charge >= 0.3 is 0 Å². The lowest BCUT2D eigenvalue weighted by atomic mass is 10.1. The molecule has 2 rings (SSSR count). The van der Waals surface area contributed by atoms with Crippen LogP contribution in [-0.4, -0.2) is 18.4 Å². The largest absolute Gasteiger partial charge is 0.352 e. The fraction of sp³-hybridized carbons (Fsp3) is 0.222. The Labute approximate surface area is 149 Å². The molecule has 0 spiro atoms. The van der Waals surface area contributed by atoms with Crippen molar-refractivity contribution in [2.24, 2.45) is 5.92 Å². The third-order valence-corrected chi connectivity index (χ3v) is 3.92. The summed E-state index contributed by atoms with van der Waals surface area (Å²) in [6.07, 6.45) is 0. The molecule has 4 nitrogen and oxygen atoms in total. The van der Waals surface area contributed by atoms with E-state index in [1.807, 2.05) is 26.0 Å². The molecule has 0 aliphatic heterocycles. The van der Waals surface area contributed by atoms with E-state index in [0.29, 0.717) is 29.3 Å². The van der Waals surface area contributed by atoms with Crippen LogP contribution in [-0.2, 0) is 0 Å². The van der Waals surface area contributed by atoms with Crippen LogP contribution in [0, 0.1) is 9.49 Å². The molecule has 0 atom stereocenters. The second-order valence-electron chi connectivity index (χ2n) is 5.61. The predicted molar refractivity (Wildman–Crippen MR) is 101 cm³/mol. The van der Waals surface area contributed by atoms with Crippen LogP contribution in [0.15, 0.2) is 48.5 Å². The molecule has 2 aromatic rings. The van der Waals surface area contributed by atoms with E-state index in [1.165, 1.54) is 0 Å². The van der Waals surface area contributed by atoms with Crippen molar-refractivity contribution in [1.29, 1.82) is 0 Å². The van der Waals surface area contributed by atoms with Gasteiger partial charge in [0.15, 0.2) is 0 Å². The summed E-state index contributed by atoms with van der Waals surface area (Å²) in [4.78, 5) is 24.6. The smallest absolute Gasteiger partial charge is 0.255 e. The minimum absolute atomic E-state index is 0.183. The Kier molecular flexibility index (Phi) is 6.15. The highest BCUT2D eigenvalue weighted by atomic mass is 127. The fourth-order valence-electron chi connectivity index (χ4n) is 1.98. The molecule has 0 bridgehead atoms. The molecule has 0 heterocycles. The molecule has 2 aromatic carbocycles. The number of benzene rings is 2. The van der Waals surface area contributed by atoms with E-state index in [4.69, 9.17) is 0 Å². The zero-order valence-corrected chi connectivity index (χ0v) is 15.3. The highest BCUT2D eigenvalue weighted by Crippen LogP contribution is 2.17. The van der Waals surface area contributed by atoms with Gasteiger partial charge < -0.3 is 10.6 Å². The van der Waals surface area contributed by atoms with Crippen molar-refractivity contribution in [3.05, 3.63) is 63.2 Å². The van der Waals surface area contributed by atoms with Gasteiger partial charge in [0.25, 0.3) is 11.8 Å². The third kappa shape index (κ3) is 5.06. The lowest BCUT2D eigenvalue weighted by Gasteiger charge is -2.12. The minimum atomic E-state index is -0.231. The number of carbonyl (C=O) groups is 2. The van der Waals surface area contributed by atoms with Crippen LogP contribution in [0.25, 0.3) is 0 Å². The summed E-state index contributed by atoms with van der Waals surface area (Å²) in [5.74, 6) is -0.0461. The van der Waals surface area contributed by atoms with Crippen LogP contribution in [0.2, 0.25) is 0 Å². The first-order valence-electron chi connectivity index (χ1n) is 7.41. The van der Waals surface area contributed by atoms with Crippen molar-refractivity contribution < 1.29 is 9.59 Å². The van der Waals surface area contributed by atoms with Crippen molar-refractivity contribution in [3.8, 4) is 0 Å². The molecular weight excluding hydrogens is 403 g/mol. The summed E-state index contributed by atoms with van der Waals surface area (Å²) < 4.78 is 1.06. The predicted octanol–water partition coefficient (Wildman–Crippen LogP) is 3.93.